The van der Waals surface area contributed by atoms with Gasteiger partial charge >= 0.3 is 0 Å². The minimum atomic E-state index is -0.107. The quantitative estimate of drug-likeness (QED) is 0.906. The van der Waals surface area contributed by atoms with Gasteiger partial charge in [-0.3, -0.25) is 0 Å². The molecule has 1 unspecified atom stereocenters. The molecule has 1 aliphatic rings. The summed E-state index contributed by atoms with van der Waals surface area (Å²) in [5.41, 5.74) is 6.72. The largest absolute Gasteiger partial charge is 0.330 e. The molecular formula is C16H25FN2. The van der Waals surface area contributed by atoms with Gasteiger partial charge in [-0.25, -0.2) is 4.39 Å². The van der Waals surface area contributed by atoms with E-state index >= 15 is 0 Å². The molecule has 1 fully saturated rings. The van der Waals surface area contributed by atoms with Crippen LogP contribution in [0.25, 0.3) is 0 Å². The first-order valence-electron chi connectivity index (χ1n) is 7.32. The van der Waals surface area contributed by atoms with Gasteiger partial charge in [0.2, 0.25) is 0 Å². The maximum Gasteiger partial charge on any atom is 0.126 e. The van der Waals surface area contributed by atoms with Crippen LogP contribution >= 0.6 is 0 Å². The monoisotopic (exact) mass is 264 g/mol. The molecule has 1 aromatic carbocycles. The van der Waals surface area contributed by atoms with Crippen LogP contribution in [0.3, 0.4) is 0 Å². The Labute approximate surface area is 115 Å². The smallest absolute Gasteiger partial charge is 0.126 e. The number of rotatable bonds is 4. The van der Waals surface area contributed by atoms with Crippen LogP contribution in [-0.4, -0.2) is 30.6 Å². The third-order valence-corrected chi connectivity index (χ3v) is 4.43. The molecule has 2 nitrogen and oxygen atoms in total. The Morgan fingerprint density at radius 2 is 1.89 bits per heavy atom. The number of halogens is 1. The minimum absolute atomic E-state index is 0.107. The van der Waals surface area contributed by atoms with E-state index in [2.05, 4.69) is 18.7 Å². The molecule has 0 spiro atoms. The molecule has 1 atom stereocenters. The Morgan fingerprint density at radius 3 is 2.42 bits per heavy atom. The fourth-order valence-electron chi connectivity index (χ4n) is 3.19. The maximum absolute atomic E-state index is 13.9. The molecule has 0 aromatic heterocycles. The van der Waals surface area contributed by atoms with E-state index in [0.29, 0.717) is 18.5 Å². The molecule has 0 aliphatic carbocycles. The maximum atomic E-state index is 13.9. The van der Waals surface area contributed by atoms with E-state index in [4.69, 9.17) is 5.73 Å². The number of nitrogens with zero attached hydrogens (tertiary/aromatic N) is 1. The average molecular weight is 264 g/mol. The lowest BCUT2D eigenvalue weighted by Gasteiger charge is -2.38. The van der Waals surface area contributed by atoms with E-state index in [1.54, 1.807) is 12.1 Å². The second-order valence-electron chi connectivity index (χ2n) is 5.83. The van der Waals surface area contributed by atoms with Crippen LogP contribution in [0.1, 0.15) is 38.2 Å². The van der Waals surface area contributed by atoms with E-state index in [1.165, 1.54) is 0 Å². The van der Waals surface area contributed by atoms with E-state index in [-0.39, 0.29) is 11.7 Å². The highest BCUT2D eigenvalue weighted by Gasteiger charge is 2.28. The summed E-state index contributed by atoms with van der Waals surface area (Å²) >= 11 is 0. The minimum Gasteiger partial charge on any atom is -0.330 e. The van der Waals surface area contributed by atoms with Crippen molar-refractivity contribution in [2.45, 2.75) is 38.6 Å². The van der Waals surface area contributed by atoms with Crippen LogP contribution in [-0.2, 0) is 0 Å². The zero-order valence-electron chi connectivity index (χ0n) is 12.0. The molecule has 0 amide bonds. The number of benzene rings is 1. The fourth-order valence-corrected chi connectivity index (χ4v) is 3.19. The number of hydrogen-bond donors (Lipinski definition) is 1. The highest BCUT2D eigenvalue weighted by Crippen LogP contribution is 2.33. The first kappa shape index (κ1) is 14.5. The predicted molar refractivity (Wildman–Crippen MR) is 77.6 cm³/mol. The molecule has 2 rings (SSSR count). The zero-order chi connectivity index (χ0) is 13.8. The molecule has 0 bridgehead atoms. The van der Waals surface area contributed by atoms with Crippen molar-refractivity contribution >= 4 is 0 Å². The Balaban J connectivity index is 2.06. The van der Waals surface area contributed by atoms with Crippen molar-refractivity contribution in [1.82, 2.24) is 4.90 Å². The second kappa shape index (κ2) is 6.49. The molecule has 19 heavy (non-hydrogen) atoms. The zero-order valence-corrected chi connectivity index (χ0v) is 12.0. The van der Waals surface area contributed by atoms with Gasteiger partial charge < -0.3 is 10.6 Å². The van der Waals surface area contributed by atoms with E-state index in [9.17, 15) is 4.39 Å². The fraction of sp³-hybridized carbons (Fsp3) is 0.625. The van der Waals surface area contributed by atoms with Gasteiger partial charge in [-0.05, 0) is 63.9 Å². The van der Waals surface area contributed by atoms with Gasteiger partial charge in [0.1, 0.15) is 5.82 Å². The van der Waals surface area contributed by atoms with Gasteiger partial charge in [0.25, 0.3) is 0 Å². The third kappa shape index (κ3) is 3.34. The summed E-state index contributed by atoms with van der Waals surface area (Å²) in [4.78, 5) is 2.49. The van der Waals surface area contributed by atoms with Crippen LogP contribution in [0, 0.1) is 11.7 Å². The number of piperidine rings is 1. The van der Waals surface area contributed by atoms with Crippen molar-refractivity contribution < 1.29 is 4.39 Å². The Bertz CT molecular complexity index is 397. The summed E-state index contributed by atoms with van der Waals surface area (Å²) in [6.45, 7) is 7.21. The van der Waals surface area contributed by atoms with Crippen molar-refractivity contribution in [3.63, 3.8) is 0 Å². The molecular weight excluding hydrogens is 239 g/mol. The summed E-state index contributed by atoms with van der Waals surface area (Å²) < 4.78 is 13.9. The molecule has 3 heteroatoms. The number of likely N-dealkylation sites (tertiary alicyclic amines) is 1. The van der Waals surface area contributed by atoms with Crippen LogP contribution in [0.5, 0.6) is 0 Å². The van der Waals surface area contributed by atoms with Crippen molar-refractivity contribution in [2.24, 2.45) is 11.7 Å². The van der Waals surface area contributed by atoms with Gasteiger partial charge in [-0.1, -0.05) is 18.2 Å². The molecule has 2 N–H and O–H groups in total. The molecule has 1 saturated heterocycles. The van der Waals surface area contributed by atoms with Crippen molar-refractivity contribution in [2.75, 3.05) is 19.6 Å². The van der Waals surface area contributed by atoms with Gasteiger partial charge in [0, 0.05) is 12.0 Å². The molecule has 1 aliphatic heterocycles. The first-order chi connectivity index (χ1) is 9.13. The highest BCUT2D eigenvalue weighted by molar-refractivity contribution is 5.23. The summed E-state index contributed by atoms with van der Waals surface area (Å²) in [6.07, 6.45) is 2.24. The molecule has 0 radical (unpaired) electrons. The van der Waals surface area contributed by atoms with E-state index < -0.39 is 0 Å². The number of hydrogen-bond acceptors (Lipinski definition) is 2. The van der Waals surface area contributed by atoms with Crippen LogP contribution in [0.2, 0.25) is 0 Å². The van der Waals surface area contributed by atoms with Gasteiger partial charge in [-0.2, -0.15) is 0 Å². The van der Waals surface area contributed by atoms with Crippen LogP contribution in [0.15, 0.2) is 24.3 Å². The Morgan fingerprint density at radius 1 is 1.26 bits per heavy atom. The van der Waals surface area contributed by atoms with Gasteiger partial charge in [0.15, 0.2) is 0 Å². The van der Waals surface area contributed by atoms with Crippen LogP contribution < -0.4 is 5.73 Å². The lowest BCUT2D eigenvalue weighted by molar-refractivity contribution is 0.137. The van der Waals surface area contributed by atoms with Gasteiger partial charge in [-0.15, -0.1) is 0 Å². The van der Waals surface area contributed by atoms with Crippen molar-refractivity contribution in [1.29, 1.82) is 0 Å². The average Bonchev–Trinajstić information content (AvgIpc) is 2.42. The lowest BCUT2D eigenvalue weighted by atomic mass is 9.79. The van der Waals surface area contributed by atoms with Crippen molar-refractivity contribution in [3.8, 4) is 0 Å². The lowest BCUT2D eigenvalue weighted by Crippen LogP contribution is -2.40. The van der Waals surface area contributed by atoms with Crippen molar-refractivity contribution in [3.05, 3.63) is 35.6 Å². The molecule has 0 saturated carbocycles. The summed E-state index contributed by atoms with van der Waals surface area (Å²) in [6, 6.07) is 7.69. The Kier molecular flexibility index (Phi) is 4.94. The van der Waals surface area contributed by atoms with Gasteiger partial charge in [0.05, 0.1) is 0 Å². The summed E-state index contributed by atoms with van der Waals surface area (Å²) in [5, 5.41) is 0. The molecule has 1 aromatic rings. The molecule has 106 valence electrons. The van der Waals surface area contributed by atoms with E-state index in [0.717, 1.165) is 31.5 Å². The predicted octanol–water partition coefficient (Wildman–Crippen LogP) is 2.99. The Hall–Kier alpha value is -0.930. The van der Waals surface area contributed by atoms with Crippen LogP contribution in [0.4, 0.5) is 4.39 Å². The standard InChI is InChI=1S/C16H25FN2/c1-12(2)19-9-7-13(8-10-19)15(11-18)14-5-3-4-6-16(14)17/h3-6,12-13,15H,7-11,18H2,1-2H3. The second-order valence-corrected chi connectivity index (χ2v) is 5.83. The number of nitrogens with two attached hydrogens (primary N) is 1. The summed E-state index contributed by atoms with van der Waals surface area (Å²) in [7, 11) is 0. The third-order valence-electron chi connectivity index (χ3n) is 4.43. The highest BCUT2D eigenvalue weighted by atomic mass is 19.1. The topological polar surface area (TPSA) is 29.3 Å². The SMILES string of the molecule is CC(C)N1CCC(C(CN)c2ccccc2F)CC1. The first-order valence-corrected chi connectivity index (χ1v) is 7.32. The summed E-state index contributed by atoms with van der Waals surface area (Å²) in [5.74, 6) is 0.566. The normalized spacial score (nSPS) is 19.8. The van der Waals surface area contributed by atoms with E-state index in [1.807, 2.05) is 12.1 Å². The molecule has 1 heterocycles.